The molecule has 0 N–H and O–H groups in total. The number of carbonyl (C=O) groups is 1. The van der Waals surface area contributed by atoms with Crippen LogP contribution in [-0.4, -0.2) is 12.6 Å². The number of rotatable bonds is 13. The Balaban J connectivity index is 1.56. The van der Waals surface area contributed by atoms with Gasteiger partial charge in [-0.05, 0) is 42.5 Å². The van der Waals surface area contributed by atoms with Crippen LogP contribution in [0.5, 0.6) is 11.5 Å². The Morgan fingerprint density at radius 3 is 2.07 bits per heavy atom. The molecule has 5 heteroatoms. The van der Waals surface area contributed by atoms with Gasteiger partial charge in [-0.25, -0.2) is 0 Å². The zero-order valence-corrected chi connectivity index (χ0v) is 17.7. The summed E-state index contributed by atoms with van der Waals surface area (Å²) in [5.74, 6) is 1.64. The Hall–Kier alpha value is -1.65. The van der Waals surface area contributed by atoms with Crippen LogP contribution < -0.4 is 9.47 Å². The summed E-state index contributed by atoms with van der Waals surface area (Å²) in [5, 5.41) is 0. The third kappa shape index (κ3) is 10.1. The summed E-state index contributed by atoms with van der Waals surface area (Å²) in [4.78, 5) is 12.1. The summed E-state index contributed by atoms with van der Waals surface area (Å²) in [5.41, 5.74) is 0. The quantitative estimate of drug-likeness (QED) is 0.191. The SMILES string of the molecule is CCCCCCCCC1CCC(CCC(=O)Oc2ccc(OC(F)F)cc2)CC1. The molecular formula is C24H36F2O3. The first-order chi connectivity index (χ1) is 14.1. The maximum absolute atomic E-state index is 12.1. The van der Waals surface area contributed by atoms with E-state index in [-0.39, 0.29) is 11.7 Å². The molecule has 3 nitrogen and oxygen atoms in total. The standard InChI is InChI=1S/C24H36F2O3/c1-2-3-4-5-6-7-8-19-9-11-20(12-10-19)13-18-23(27)28-21-14-16-22(17-15-21)29-24(25)26/h14-17,19-20,24H,2-13,18H2,1H3. The van der Waals surface area contributed by atoms with E-state index in [4.69, 9.17) is 4.74 Å². The van der Waals surface area contributed by atoms with E-state index in [0.717, 1.165) is 12.3 Å². The van der Waals surface area contributed by atoms with Gasteiger partial charge in [-0.2, -0.15) is 8.78 Å². The van der Waals surface area contributed by atoms with Crippen LogP contribution >= 0.6 is 0 Å². The Labute approximate surface area is 174 Å². The first-order valence-electron chi connectivity index (χ1n) is 11.3. The lowest BCUT2D eigenvalue weighted by Gasteiger charge is -2.28. The van der Waals surface area contributed by atoms with Gasteiger partial charge in [-0.1, -0.05) is 77.6 Å². The van der Waals surface area contributed by atoms with E-state index in [2.05, 4.69) is 11.7 Å². The van der Waals surface area contributed by atoms with Gasteiger partial charge < -0.3 is 9.47 Å². The second-order valence-corrected chi connectivity index (χ2v) is 8.31. The van der Waals surface area contributed by atoms with Crippen molar-refractivity contribution in [1.29, 1.82) is 0 Å². The van der Waals surface area contributed by atoms with E-state index in [9.17, 15) is 13.6 Å². The molecule has 1 saturated carbocycles. The van der Waals surface area contributed by atoms with Gasteiger partial charge in [0.15, 0.2) is 0 Å². The maximum atomic E-state index is 12.1. The molecule has 0 bridgehead atoms. The van der Waals surface area contributed by atoms with E-state index in [0.29, 0.717) is 18.1 Å². The van der Waals surface area contributed by atoms with Gasteiger partial charge in [-0.15, -0.1) is 0 Å². The van der Waals surface area contributed by atoms with Crippen molar-refractivity contribution in [2.24, 2.45) is 11.8 Å². The van der Waals surface area contributed by atoms with E-state index < -0.39 is 6.61 Å². The molecule has 1 aliphatic rings. The number of halogens is 2. The predicted octanol–water partition coefficient (Wildman–Crippen LogP) is 7.53. The van der Waals surface area contributed by atoms with Crippen molar-refractivity contribution in [2.75, 3.05) is 0 Å². The lowest BCUT2D eigenvalue weighted by Crippen LogP contribution is -2.17. The molecule has 0 heterocycles. The van der Waals surface area contributed by atoms with Crippen molar-refractivity contribution < 1.29 is 23.0 Å². The number of carbonyl (C=O) groups excluding carboxylic acids is 1. The molecule has 1 aliphatic carbocycles. The topological polar surface area (TPSA) is 35.5 Å². The molecule has 0 aliphatic heterocycles. The van der Waals surface area contributed by atoms with Crippen molar-refractivity contribution >= 4 is 5.97 Å². The monoisotopic (exact) mass is 410 g/mol. The van der Waals surface area contributed by atoms with Crippen LogP contribution in [0.15, 0.2) is 24.3 Å². The molecule has 29 heavy (non-hydrogen) atoms. The molecule has 1 fully saturated rings. The fourth-order valence-electron chi connectivity index (χ4n) is 4.22. The molecule has 2 rings (SSSR count). The highest BCUT2D eigenvalue weighted by atomic mass is 19.3. The van der Waals surface area contributed by atoms with Crippen molar-refractivity contribution in [3.8, 4) is 11.5 Å². The number of ether oxygens (including phenoxy) is 2. The van der Waals surface area contributed by atoms with Gasteiger partial charge in [0.1, 0.15) is 11.5 Å². The second kappa shape index (κ2) is 13.6. The first-order valence-corrected chi connectivity index (χ1v) is 11.3. The molecule has 1 aromatic carbocycles. The first kappa shape index (κ1) is 23.6. The fraction of sp³-hybridized carbons (Fsp3) is 0.708. The molecule has 0 amide bonds. The smallest absolute Gasteiger partial charge is 0.387 e. The Morgan fingerprint density at radius 2 is 1.45 bits per heavy atom. The summed E-state index contributed by atoms with van der Waals surface area (Å²) in [6, 6.07) is 5.70. The highest BCUT2D eigenvalue weighted by Gasteiger charge is 2.21. The van der Waals surface area contributed by atoms with E-state index in [1.54, 1.807) is 0 Å². The van der Waals surface area contributed by atoms with Gasteiger partial charge in [0, 0.05) is 6.42 Å². The lowest BCUT2D eigenvalue weighted by molar-refractivity contribution is -0.134. The van der Waals surface area contributed by atoms with Gasteiger partial charge in [0.25, 0.3) is 0 Å². The number of esters is 1. The second-order valence-electron chi connectivity index (χ2n) is 8.31. The Morgan fingerprint density at radius 1 is 0.897 bits per heavy atom. The molecule has 0 radical (unpaired) electrons. The van der Waals surface area contributed by atoms with Gasteiger partial charge in [0.05, 0.1) is 0 Å². The van der Waals surface area contributed by atoms with Crippen LogP contribution in [0.25, 0.3) is 0 Å². The van der Waals surface area contributed by atoms with E-state index in [1.807, 2.05) is 0 Å². The molecule has 0 atom stereocenters. The van der Waals surface area contributed by atoms with Crippen molar-refractivity contribution in [2.45, 2.75) is 97.0 Å². The number of hydrogen-bond acceptors (Lipinski definition) is 3. The maximum Gasteiger partial charge on any atom is 0.387 e. The zero-order valence-electron chi connectivity index (χ0n) is 17.7. The van der Waals surface area contributed by atoms with Gasteiger partial charge in [0.2, 0.25) is 0 Å². The van der Waals surface area contributed by atoms with Crippen LogP contribution in [0, 0.1) is 11.8 Å². The largest absolute Gasteiger partial charge is 0.435 e. The third-order valence-corrected chi connectivity index (χ3v) is 5.97. The summed E-state index contributed by atoms with van der Waals surface area (Å²) < 4.78 is 33.9. The molecule has 0 saturated heterocycles. The minimum atomic E-state index is -2.86. The van der Waals surface area contributed by atoms with E-state index >= 15 is 0 Å². The summed E-state index contributed by atoms with van der Waals surface area (Å²) in [6.45, 7) is -0.603. The number of alkyl halides is 2. The Kier molecular flexibility index (Phi) is 11.0. The van der Waals surface area contributed by atoms with E-state index in [1.165, 1.54) is 94.9 Å². The van der Waals surface area contributed by atoms with Crippen molar-refractivity contribution in [3.05, 3.63) is 24.3 Å². The fourth-order valence-corrected chi connectivity index (χ4v) is 4.22. The number of unbranched alkanes of at least 4 members (excludes halogenated alkanes) is 5. The normalized spacial score (nSPS) is 19.3. The highest BCUT2D eigenvalue weighted by Crippen LogP contribution is 2.34. The predicted molar refractivity (Wildman–Crippen MR) is 111 cm³/mol. The van der Waals surface area contributed by atoms with Crippen LogP contribution in [0.2, 0.25) is 0 Å². The summed E-state index contributed by atoms with van der Waals surface area (Å²) >= 11 is 0. The van der Waals surface area contributed by atoms with Crippen LogP contribution in [0.3, 0.4) is 0 Å². The average Bonchev–Trinajstić information content (AvgIpc) is 2.71. The molecule has 0 spiro atoms. The average molecular weight is 411 g/mol. The summed E-state index contributed by atoms with van der Waals surface area (Å²) in [7, 11) is 0. The van der Waals surface area contributed by atoms with Crippen LogP contribution in [-0.2, 0) is 4.79 Å². The minimum absolute atomic E-state index is 0.0533. The molecule has 0 aromatic heterocycles. The Bertz CT molecular complexity index is 566. The molecule has 1 aromatic rings. The number of benzene rings is 1. The van der Waals surface area contributed by atoms with Gasteiger partial charge >= 0.3 is 12.6 Å². The van der Waals surface area contributed by atoms with Crippen LogP contribution in [0.1, 0.15) is 90.4 Å². The summed E-state index contributed by atoms with van der Waals surface area (Å²) in [6.07, 6.45) is 15.8. The van der Waals surface area contributed by atoms with Gasteiger partial charge in [-0.3, -0.25) is 4.79 Å². The third-order valence-electron chi connectivity index (χ3n) is 5.97. The number of hydrogen-bond donors (Lipinski definition) is 0. The molecule has 0 unspecified atom stereocenters. The molecule has 164 valence electrons. The lowest BCUT2D eigenvalue weighted by atomic mass is 9.78. The zero-order chi connectivity index (χ0) is 20.9. The molecular weight excluding hydrogens is 374 g/mol. The van der Waals surface area contributed by atoms with Crippen molar-refractivity contribution in [1.82, 2.24) is 0 Å². The van der Waals surface area contributed by atoms with Crippen LogP contribution in [0.4, 0.5) is 8.78 Å². The minimum Gasteiger partial charge on any atom is -0.435 e. The van der Waals surface area contributed by atoms with Crippen molar-refractivity contribution in [3.63, 3.8) is 0 Å². The highest BCUT2D eigenvalue weighted by molar-refractivity contribution is 5.72.